The van der Waals surface area contributed by atoms with Crippen LogP contribution in [0, 0.1) is 0 Å². The Kier molecular flexibility index (Phi) is 9.12. The highest BCUT2D eigenvalue weighted by Crippen LogP contribution is 2.19. The molecule has 0 aromatic heterocycles. The lowest BCUT2D eigenvalue weighted by Crippen LogP contribution is -2.58. The first-order chi connectivity index (χ1) is 15.1. The van der Waals surface area contributed by atoms with E-state index in [9.17, 15) is 34.5 Å². The number of benzene rings is 1. The van der Waals surface area contributed by atoms with Crippen molar-refractivity contribution in [2.24, 2.45) is 5.73 Å². The molecule has 0 radical (unpaired) electrons. The number of carbonyl (C=O) groups excluding carboxylic acids is 3. The van der Waals surface area contributed by atoms with Crippen molar-refractivity contribution in [1.29, 1.82) is 0 Å². The summed E-state index contributed by atoms with van der Waals surface area (Å²) in [6.07, 6.45) is -0.212. The van der Waals surface area contributed by atoms with E-state index in [0.29, 0.717) is 18.4 Å². The number of aliphatic carboxylic acids is 1. The van der Waals surface area contributed by atoms with Gasteiger partial charge in [-0.25, -0.2) is 4.79 Å². The maximum absolute atomic E-state index is 12.7. The SMILES string of the molecule is CC(O)C(N)C(=O)N1CCCC1C(=O)NC(CO)C(=O)NC(Cc1ccccc1)C(=O)O. The van der Waals surface area contributed by atoms with E-state index in [0.717, 1.165) is 0 Å². The molecule has 11 nitrogen and oxygen atoms in total. The number of rotatable bonds is 10. The van der Waals surface area contributed by atoms with Gasteiger partial charge in [0.2, 0.25) is 17.7 Å². The Bertz CT molecular complexity index is 818. The molecule has 1 fully saturated rings. The molecule has 1 heterocycles. The van der Waals surface area contributed by atoms with E-state index < -0.39 is 60.6 Å². The number of nitrogens with one attached hydrogen (secondary N) is 2. The molecule has 0 spiro atoms. The van der Waals surface area contributed by atoms with Gasteiger partial charge in [0.25, 0.3) is 0 Å². The van der Waals surface area contributed by atoms with Crippen molar-refractivity contribution in [3.8, 4) is 0 Å². The molecular weight excluding hydrogens is 420 g/mol. The highest BCUT2D eigenvalue weighted by atomic mass is 16.4. The molecule has 176 valence electrons. The van der Waals surface area contributed by atoms with Crippen LogP contribution in [0.1, 0.15) is 25.3 Å². The van der Waals surface area contributed by atoms with Gasteiger partial charge in [0, 0.05) is 13.0 Å². The van der Waals surface area contributed by atoms with Gasteiger partial charge in [0.15, 0.2) is 0 Å². The third-order valence-electron chi connectivity index (χ3n) is 5.36. The Labute approximate surface area is 185 Å². The average Bonchev–Trinajstić information content (AvgIpc) is 3.26. The van der Waals surface area contributed by atoms with Crippen LogP contribution in [0.2, 0.25) is 0 Å². The average molecular weight is 450 g/mol. The Balaban J connectivity index is 2.02. The van der Waals surface area contributed by atoms with Crippen molar-refractivity contribution in [2.75, 3.05) is 13.2 Å². The van der Waals surface area contributed by atoms with E-state index in [1.807, 2.05) is 0 Å². The van der Waals surface area contributed by atoms with E-state index in [1.54, 1.807) is 30.3 Å². The number of nitrogens with two attached hydrogens (primary N) is 1. The molecule has 1 aliphatic heterocycles. The van der Waals surface area contributed by atoms with Crippen LogP contribution in [-0.4, -0.2) is 87.3 Å². The van der Waals surface area contributed by atoms with Crippen LogP contribution in [0.15, 0.2) is 30.3 Å². The molecule has 0 bridgehead atoms. The van der Waals surface area contributed by atoms with Gasteiger partial charge in [-0.15, -0.1) is 0 Å². The lowest BCUT2D eigenvalue weighted by molar-refractivity contribution is -0.143. The number of amides is 3. The highest BCUT2D eigenvalue weighted by Gasteiger charge is 2.38. The highest BCUT2D eigenvalue weighted by molar-refractivity contribution is 5.94. The molecule has 2 rings (SSSR count). The normalized spacial score (nSPS) is 19.5. The predicted molar refractivity (Wildman–Crippen MR) is 113 cm³/mol. The summed E-state index contributed by atoms with van der Waals surface area (Å²) < 4.78 is 0. The molecule has 0 aliphatic carbocycles. The largest absolute Gasteiger partial charge is 0.480 e. The number of hydrogen-bond donors (Lipinski definition) is 6. The van der Waals surface area contributed by atoms with Crippen molar-refractivity contribution in [1.82, 2.24) is 15.5 Å². The van der Waals surface area contributed by atoms with Gasteiger partial charge in [-0.05, 0) is 25.3 Å². The zero-order valence-corrected chi connectivity index (χ0v) is 17.8. The van der Waals surface area contributed by atoms with E-state index in [4.69, 9.17) is 5.73 Å². The standard InChI is InChI=1S/C21H30N4O7/c1-12(27)17(22)20(30)25-9-5-8-16(25)19(29)24-15(11-26)18(28)23-14(21(31)32)10-13-6-3-2-4-7-13/h2-4,6-7,12,14-17,26-27H,5,8-11,22H2,1H3,(H,23,28)(H,24,29)(H,31,32). The van der Waals surface area contributed by atoms with Gasteiger partial charge in [-0.3, -0.25) is 14.4 Å². The summed E-state index contributed by atoms with van der Waals surface area (Å²) in [6, 6.07) is 3.94. The fraction of sp³-hybridized carbons (Fsp3) is 0.524. The van der Waals surface area contributed by atoms with Gasteiger partial charge >= 0.3 is 5.97 Å². The van der Waals surface area contributed by atoms with Crippen LogP contribution in [-0.2, 0) is 25.6 Å². The molecule has 1 saturated heterocycles. The van der Waals surface area contributed by atoms with E-state index >= 15 is 0 Å². The fourth-order valence-corrected chi connectivity index (χ4v) is 3.49. The Morgan fingerprint density at radius 1 is 1.16 bits per heavy atom. The van der Waals surface area contributed by atoms with Crippen molar-refractivity contribution in [2.45, 2.75) is 56.5 Å². The summed E-state index contributed by atoms with van der Waals surface area (Å²) in [5.74, 6) is -3.38. The first-order valence-electron chi connectivity index (χ1n) is 10.4. The summed E-state index contributed by atoms with van der Waals surface area (Å²) in [7, 11) is 0. The van der Waals surface area contributed by atoms with Crippen molar-refractivity contribution in [3.05, 3.63) is 35.9 Å². The number of carboxylic acid groups (broad SMARTS) is 1. The van der Waals surface area contributed by atoms with Crippen LogP contribution < -0.4 is 16.4 Å². The Hall–Kier alpha value is -3.02. The molecule has 1 aliphatic rings. The second-order valence-electron chi connectivity index (χ2n) is 7.79. The third-order valence-corrected chi connectivity index (χ3v) is 5.36. The summed E-state index contributed by atoms with van der Waals surface area (Å²) in [5.41, 5.74) is 6.39. The van der Waals surface area contributed by atoms with Crippen LogP contribution in [0.25, 0.3) is 0 Å². The van der Waals surface area contributed by atoms with Crippen LogP contribution in [0.3, 0.4) is 0 Å². The zero-order valence-electron chi connectivity index (χ0n) is 17.8. The smallest absolute Gasteiger partial charge is 0.326 e. The minimum atomic E-state index is -1.40. The lowest BCUT2D eigenvalue weighted by atomic mass is 10.1. The Morgan fingerprint density at radius 3 is 2.38 bits per heavy atom. The number of aliphatic hydroxyl groups excluding tert-OH is 2. The predicted octanol–water partition coefficient (Wildman–Crippen LogP) is -2.03. The van der Waals surface area contributed by atoms with Crippen molar-refractivity contribution in [3.63, 3.8) is 0 Å². The van der Waals surface area contributed by atoms with Crippen LogP contribution in [0.5, 0.6) is 0 Å². The molecule has 3 amide bonds. The summed E-state index contributed by atoms with van der Waals surface area (Å²) in [5, 5.41) is 33.3. The van der Waals surface area contributed by atoms with Gasteiger partial charge in [-0.1, -0.05) is 30.3 Å². The van der Waals surface area contributed by atoms with Crippen molar-refractivity contribution < 1.29 is 34.5 Å². The zero-order chi connectivity index (χ0) is 23.8. The van der Waals surface area contributed by atoms with E-state index in [2.05, 4.69) is 10.6 Å². The number of carboxylic acids is 1. The molecule has 11 heteroatoms. The summed E-state index contributed by atoms with van der Waals surface area (Å²) in [6.45, 7) is 0.878. The number of carbonyl (C=O) groups is 4. The summed E-state index contributed by atoms with van der Waals surface area (Å²) in [4.78, 5) is 50.6. The van der Waals surface area contributed by atoms with E-state index in [-0.39, 0.29) is 13.0 Å². The monoisotopic (exact) mass is 450 g/mol. The number of hydrogen-bond acceptors (Lipinski definition) is 7. The molecule has 0 saturated carbocycles. The van der Waals surface area contributed by atoms with Gasteiger partial charge in [0.1, 0.15) is 24.2 Å². The minimum absolute atomic E-state index is 0.0240. The lowest BCUT2D eigenvalue weighted by Gasteiger charge is -2.29. The maximum atomic E-state index is 12.7. The van der Waals surface area contributed by atoms with Crippen molar-refractivity contribution >= 4 is 23.7 Å². The molecule has 1 aromatic rings. The number of nitrogens with zero attached hydrogens (tertiary/aromatic N) is 1. The van der Waals surface area contributed by atoms with E-state index in [1.165, 1.54) is 11.8 Å². The second kappa shape index (κ2) is 11.6. The molecular formula is C21H30N4O7. The molecule has 5 atom stereocenters. The van der Waals surface area contributed by atoms with Gasteiger partial charge in [-0.2, -0.15) is 0 Å². The molecule has 1 aromatic carbocycles. The number of aliphatic hydroxyl groups is 2. The maximum Gasteiger partial charge on any atom is 0.326 e. The quantitative estimate of drug-likeness (QED) is 0.236. The molecule has 7 N–H and O–H groups in total. The fourth-order valence-electron chi connectivity index (χ4n) is 3.49. The molecule has 5 unspecified atom stereocenters. The van der Waals surface area contributed by atoms with Gasteiger partial charge < -0.3 is 36.6 Å². The van der Waals surface area contributed by atoms with Crippen LogP contribution >= 0.6 is 0 Å². The first kappa shape index (κ1) is 25.2. The van der Waals surface area contributed by atoms with Gasteiger partial charge in [0.05, 0.1) is 12.7 Å². The topological polar surface area (TPSA) is 182 Å². The Morgan fingerprint density at radius 2 is 1.81 bits per heavy atom. The molecule has 32 heavy (non-hydrogen) atoms. The van der Waals surface area contributed by atoms with Crippen LogP contribution in [0.4, 0.5) is 0 Å². The summed E-state index contributed by atoms with van der Waals surface area (Å²) >= 11 is 0. The second-order valence-corrected chi connectivity index (χ2v) is 7.79. The third kappa shape index (κ3) is 6.49. The number of likely N-dealkylation sites (tertiary alicyclic amines) is 1. The minimum Gasteiger partial charge on any atom is -0.480 e. The first-order valence-corrected chi connectivity index (χ1v) is 10.4.